The van der Waals surface area contributed by atoms with E-state index < -0.39 is 10.9 Å². The lowest BCUT2D eigenvalue weighted by molar-refractivity contribution is -0.389. The van der Waals surface area contributed by atoms with Crippen LogP contribution in [0.25, 0.3) is 6.08 Å². The number of allylic oxidation sites excluding steroid dienone is 1. The maximum atomic E-state index is 11.7. The summed E-state index contributed by atoms with van der Waals surface area (Å²) in [5.41, 5.74) is 3.02. The number of carboxylic acid groups (broad SMARTS) is 1. The molecule has 1 aromatic rings. The van der Waals surface area contributed by atoms with Gasteiger partial charge in [0, 0.05) is 29.2 Å². The Hall–Kier alpha value is -3.16. The molecular weight excluding hydrogens is 314 g/mol. The Labute approximate surface area is 137 Å². The smallest absolute Gasteiger partial charge is 0.324 e. The number of nitro groups is 1. The van der Waals surface area contributed by atoms with Crippen molar-refractivity contribution in [3.63, 3.8) is 0 Å². The molecule has 2 rings (SSSR count). The maximum Gasteiger partial charge on any atom is 0.324 e. The number of amides is 1. The van der Waals surface area contributed by atoms with Crippen LogP contribution in [0.1, 0.15) is 30.2 Å². The fourth-order valence-corrected chi connectivity index (χ4v) is 2.60. The summed E-state index contributed by atoms with van der Waals surface area (Å²) in [6.45, 7) is 7.00. The molecule has 1 aliphatic rings. The molecular formula is C16H17N3O5. The van der Waals surface area contributed by atoms with Gasteiger partial charge in [0.15, 0.2) is 0 Å². The number of hydrogen-bond acceptors (Lipinski definition) is 4. The van der Waals surface area contributed by atoms with Gasteiger partial charge in [-0.1, -0.05) is 12.7 Å². The Balaban J connectivity index is 2.49. The van der Waals surface area contributed by atoms with E-state index in [9.17, 15) is 19.7 Å². The van der Waals surface area contributed by atoms with Crippen LogP contribution in [0.5, 0.6) is 0 Å². The van der Waals surface area contributed by atoms with Crippen LogP contribution in [-0.2, 0) is 16.0 Å². The third-order valence-corrected chi connectivity index (χ3v) is 3.94. The summed E-state index contributed by atoms with van der Waals surface area (Å²) in [5, 5.41) is 22.7. The molecule has 0 unspecified atom stereocenters. The van der Waals surface area contributed by atoms with Gasteiger partial charge in [0.1, 0.15) is 5.69 Å². The number of hydrogen-bond donors (Lipinski definition) is 3. The zero-order chi connectivity index (χ0) is 18.0. The fraction of sp³-hybridized carbons (Fsp3) is 0.250. The zero-order valence-electron chi connectivity index (χ0n) is 13.3. The van der Waals surface area contributed by atoms with Gasteiger partial charge in [-0.25, -0.2) is 4.98 Å². The number of carbonyl (C=O) groups excluding carboxylic acids is 1. The van der Waals surface area contributed by atoms with Gasteiger partial charge in [-0.2, -0.15) is 0 Å². The molecule has 0 aliphatic carbocycles. The van der Waals surface area contributed by atoms with E-state index in [1.54, 1.807) is 19.9 Å². The number of carboxylic acids is 1. The predicted octanol–water partition coefficient (Wildman–Crippen LogP) is 2.22. The highest BCUT2D eigenvalue weighted by Gasteiger charge is 2.26. The highest BCUT2D eigenvalue weighted by molar-refractivity contribution is 6.01. The van der Waals surface area contributed by atoms with Gasteiger partial charge < -0.3 is 20.5 Å². The summed E-state index contributed by atoms with van der Waals surface area (Å²) < 4.78 is 0. The van der Waals surface area contributed by atoms with Gasteiger partial charge in [0.25, 0.3) is 5.91 Å². The average molecular weight is 331 g/mol. The van der Waals surface area contributed by atoms with Crippen molar-refractivity contribution in [1.29, 1.82) is 0 Å². The standard InChI is InChI=1S/C16H17N3O5/c1-4-10-9(3)16(22)18-13(10)7-12-8(2)11(5-6-14(20)21)15(17-12)19(23)24/h4,7,17H,1,5-6H2,2-3H3,(H,18,22)(H,20,21)/b13-7+. The highest BCUT2D eigenvalue weighted by Crippen LogP contribution is 2.30. The molecule has 3 N–H and O–H groups in total. The minimum absolute atomic E-state index is 0.0483. The van der Waals surface area contributed by atoms with Crippen LogP contribution in [0.15, 0.2) is 29.5 Å². The summed E-state index contributed by atoms with van der Waals surface area (Å²) in [6, 6.07) is 0. The molecule has 126 valence electrons. The number of carbonyl (C=O) groups is 2. The maximum absolute atomic E-state index is 11.7. The molecule has 1 aromatic heterocycles. The number of aromatic nitrogens is 1. The molecule has 24 heavy (non-hydrogen) atoms. The normalized spacial score (nSPS) is 15.8. The Bertz CT molecular complexity index is 814. The van der Waals surface area contributed by atoms with Gasteiger partial charge in [0.2, 0.25) is 0 Å². The second-order valence-corrected chi connectivity index (χ2v) is 5.40. The molecule has 0 aromatic carbocycles. The van der Waals surface area contributed by atoms with Crippen molar-refractivity contribution in [3.05, 3.63) is 56.4 Å². The van der Waals surface area contributed by atoms with E-state index >= 15 is 0 Å². The fourth-order valence-electron chi connectivity index (χ4n) is 2.60. The highest BCUT2D eigenvalue weighted by atomic mass is 16.6. The summed E-state index contributed by atoms with van der Waals surface area (Å²) in [4.78, 5) is 35.8. The summed E-state index contributed by atoms with van der Waals surface area (Å²) in [6.07, 6.45) is 2.98. The number of H-pyrrole nitrogens is 1. The minimum Gasteiger partial charge on any atom is -0.481 e. The second kappa shape index (κ2) is 6.53. The third-order valence-electron chi connectivity index (χ3n) is 3.94. The van der Waals surface area contributed by atoms with Crippen LogP contribution in [0, 0.1) is 17.0 Å². The first-order chi connectivity index (χ1) is 11.3. The summed E-state index contributed by atoms with van der Waals surface area (Å²) >= 11 is 0. The number of nitrogens with zero attached hydrogens (tertiary/aromatic N) is 1. The number of aromatic amines is 1. The van der Waals surface area contributed by atoms with E-state index in [1.165, 1.54) is 6.08 Å². The van der Waals surface area contributed by atoms with Crippen molar-refractivity contribution in [2.75, 3.05) is 0 Å². The SMILES string of the molecule is C=CC1=C(C)C(=O)N/C1=C/c1[nH]c([N+](=O)[O-])c(CCC(=O)O)c1C. The van der Waals surface area contributed by atoms with Gasteiger partial charge in [-0.05, 0) is 25.2 Å². The van der Waals surface area contributed by atoms with Crippen LogP contribution in [0.4, 0.5) is 5.82 Å². The van der Waals surface area contributed by atoms with Crippen molar-refractivity contribution < 1.29 is 19.6 Å². The lowest BCUT2D eigenvalue weighted by atomic mass is 10.0. The van der Waals surface area contributed by atoms with Gasteiger partial charge in [-0.15, -0.1) is 0 Å². The monoisotopic (exact) mass is 331 g/mol. The first-order valence-electron chi connectivity index (χ1n) is 7.20. The molecule has 2 heterocycles. The second-order valence-electron chi connectivity index (χ2n) is 5.40. The lowest BCUT2D eigenvalue weighted by Crippen LogP contribution is -2.15. The van der Waals surface area contributed by atoms with E-state index in [4.69, 9.17) is 5.11 Å². The van der Waals surface area contributed by atoms with E-state index in [1.807, 2.05) is 0 Å². The Morgan fingerprint density at radius 3 is 2.62 bits per heavy atom. The van der Waals surface area contributed by atoms with E-state index in [0.717, 1.165) is 0 Å². The molecule has 0 fully saturated rings. The van der Waals surface area contributed by atoms with Crippen molar-refractivity contribution in [1.82, 2.24) is 10.3 Å². The molecule has 1 aliphatic heterocycles. The molecule has 0 radical (unpaired) electrons. The zero-order valence-corrected chi connectivity index (χ0v) is 13.3. The molecule has 0 saturated carbocycles. The van der Waals surface area contributed by atoms with Crippen LogP contribution >= 0.6 is 0 Å². The van der Waals surface area contributed by atoms with Gasteiger partial charge in [-0.3, -0.25) is 9.59 Å². The molecule has 0 atom stereocenters. The summed E-state index contributed by atoms with van der Waals surface area (Å²) in [7, 11) is 0. The predicted molar refractivity (Wildman–Crippen MR) is 87.2 cm³/mol. The largest absolute Gasteiger partial charge is 0.481 e. The van der Waals surface area contributed by atoms with Crippen molar-refractivity contribution in [2.24, 2.45) is 0 Å². The quantitative estimate of drug-likeness (QED) is 0.544. The Kier molecular flexibility index (Phi) is 4.68. The number of rotatable bonds is 6. The Morgan fingerprint density at radius 2 is 2.08 bits per heavy atom. The van der Waals surface area contributed by atoms with Crippen LogP contribution < -0.4 is 5.32 Å². The number of aliphatic carboxylic acids is 1. The first kappa shape index (κ1) is 17.2. The average Bonchev–Trinajstić information content (AvgIpc) is 2.95. The van der Waals surface area contributed by atoms with Gasteiger partial charge >= 0.3 is 11.8 Å². The van der Waals surface area contributed by atoms with Crippen molar-refractivity contribution in [2.45, 2.75) is 26.7 Å². The molecule has 8 heteroatoms. The van der Waals surface area contributed by atoms with Crippen LogP contribution in [-0.4, -0.2) is 26.9 Å². The molecule has 8 nitrogen and oxygen atoms in total. The van der Waals surface area contributed by atoms with Crippen LogP contribution in [0.3, 0.4) is 0 Å². The van der Waals surface area contributed by atoms with E-state index in [-0.39, 0.29) is 24.6 Å². The van der Waals surface area contributed by atoms with Crippen molar-refractivity contribution >= 4 is 23.8 Å². The topological polar surface area (TPSA) is 125 Å². The lowest BCUT2D eigenvalue weighted by Gasteiger charge is -2.00. The minimum atomic E-state index is -1.03. The molecule has 1 amide bonds. The van der Waals surface area contributed by atoms with E-state index in [0.29, 0.717) is 33.7 Å². The molecule has 0 bridgehead atoms. The molecule has 0 spiro atoms. The van der Waals surface area contributed by atoms with Crippen LogP contribution in [0.2, 0.25) is 0 Å². The number of nitrogens with one attached hydrogen (secondary N) is 2. The Morgan fingerprint density at radius 1 is 1.42 bits per heavy atom. The van der Waals surface area contributed by atoms with E-state index in [2.05, 4.69) is 16.9 Å². The van der Waals surface area contributed by atoms with Crippen molar-refractivity contribution in [3.8, 4) is 0 Å². The molecule has 0 saturated heterocycles. The van der Waals surface area contributed by atoms with Gasteiger partial charge in [0.05, 0.1) is 11.3 Å². The third kappa shape index (κ3) is 3.12. The summed E-state index contributed by atoms with van der Waals surface area (Å²) in [5.74, 6) is -1.51. The first-order valence-corrected chi connectivity index (χ1v) is 7.20.